The number of carbonyl (C=O) groups excluding carboxylic acids is 1. The summed E-state index contributed by atoms with van der Waals surface area (Å²) in [6.07, 6.45) is 4.94. The van der Waals surface area contributed by atoms with Crippen molar-refractivity contribution in [3.63, 3.8) is 0 Å². The van der Waals surface area contributed by atoms with Crippen LogP contribution in [0.3, 0.4) is 0 Å². The van der Waals surface area contributed by atoms with E-state index in [0.29, 0.717) is 36.7 Å². The van der Waals surface area contributed by atoms with Crippen LogP contribution >= 0.6 is 11.6 Å². The van der Waals surface area contributed by atoms with E-state index in [1.54, 1.807) is 0 Å². The Labute approximate surface area is 194 Å². The van der Waals surface area contributed by atoms with Crippen molar-refractivity contribution in [1.29, 1.82) is 0 Å². The molecule has 4 heterocycles. The number of piperidine rings is 1. The summed E-state index contributed by atoms with van der Waals surface area (Å²) < 4.78 is 6.05. The average molecular weight is 455 g/mol. The minimum absolute atomic E-state index is 0.0634. The van der Waals surface area contributed by atoms with Crippen molar-refractivity contribution in [1.82, 2.24) is 20.1 Å². The molecule has 3 aliphatic rings. The zero-order valence-corrected chi connectivity index (χ0v) is 19.1. The molecule has 7 heteroatoms. The quantitative estimate of drug-likeness (QED) is 0.696. The third kappa shape index (κ3) is 4.12. The summed E-state index contributed by atoms with van der Waals surface area (Å²) in [4.78, 5) is 21.7. The number of likely N-dealkylation sites (tertiary alicyclic amines) is 1. The van der Waals surface area contributed by atoms with Crippen LogP contribution in [-0.4, -0.2) is 60.2 Å². The van der Waals surface area contributed by atoms with Gasteiger partial charge in [0.25, 0.3) is 0 Å². The maximum Gasteiger partial charge on any atom is 0.318 e. The Hall–Kier alpha value is -2.15. The van der Waals surface area contributed by atoms with Crippen LogP contribution in [0, 0.1) is 11.8 Å². The van der Waals surface area contributed by atoms with Crippen LogP contribution in [0.4, 0.5) is 4.79 Å². The SMILES string of the molecule is O=C1NCCN1C1(c2ccccc2)CCOCC1C1CCN(Cc2ccc(Cl)nc2)CC1. The van der Waals surface area contributed by atoms with Crippen molar-refractivity contribution in [2.75, 3.05) is 39.4 Å². The maximum absolute atomic E-state index is 12.9. The molecule has 3 saturated heterocycles. The van der Waals surface area contributed by atoms with Gasteiger partial charge in [-0.05, 0) is 55.5 Å². The second kappa shape index (κ2) is 9.38. The Kier molecular flexibility index (Phi) is 6.35. The molecule has 1 aromatic heterocycles. The molecule has 5 rings (SSSR count). The Morgan fingerprint density at radius 3 is 2.62 bits per heavy atom. The molecule has 0 radical (unpaired) electrons. The molecular formula is C25H31ClN4O2. The van der Waals surface area contributed by atoms with Crippen molar-refractivity contribution in [3.05, 3.63) is 64.9 Å². The van der Waals surface area contributed by atoms with Gasteiger partial charge in [0.2, 0.25) is 0 Å². The number of urea groups is 1. The van der Waals surface area contributed by atoms with Gasteiger partial charge < -0.3 is 15.0 Å². The Bertz CT molecular complexity index is 917. The van der Waals surface area contributed by atoms with Crippen LogP contribution in [0.1, 0.15) is 30.4 Å². The minimum Gasteiger partial charge on any atom is -0.381 e. The highest BCUT2D eigenvalue weighted by atomic mass is 35.5. The molecule has 1 aromatic carbocycles. The first kappa shape index (κ1) is 21.7. The second-order valence-electron chi connectivity index (χ2n) is 9.21. The zero-order valence-electron chi connectivity index (χ0n) is 18.4. The van der Waals surface area contributed by atoms with Crippen LogP contribution in [0.25, 0.3) is 0 Å². The lowest BCUT2D eigenvalue weighted by atomic mass is 9.66. The van der Waals surface area contributed by atoms with E-state index in [2.05, 4.69) is 56.5 Å². The monoisotopic (exact) mass is 454 g/mol. The lowest BCUT2D eigenvalue weighted by molar-refractivity contribution is -0.0896. The van der Waals surface area contributed by atoms with E-state index in [1.165, 1.54) is 11.1 Å². The van der Waals surface area contributed by atoms with Gasteiger partial charge in [-0.2, -0.15) is 0 Å². The van der Waals surface area contributed by atoms with E-state index < -0.39 is 0 Å². The fraction of sp³-hybridized carbons (Fsp3) is 0.520. The molecule has 1 N–H and O–H groups in total. The van der Waals surface area contributed by atoms with Crippen LogP contribution in [0.2, 0.25) is 5.15 Å². The second-order valence-corrected chi connectivity index (χ2v) is 9.60. The highest BCUT2D eigenvalue weighted by Crippen LogP contribution is 2.48. The number of pyridine rings is 1. The van der Waals surface area contributed by atoms with E-state index >= 15 is 0 Å². The van der Waals surface area contributed by atoms with Gasteiger partial charge >= 0.3 is 6.03 Å². The van der Waals surface area contributed by atoms with Gasteiger partial charge in [-0.15, -0.1) is 0 Å². The van der Waals surface area contributed by atoms with Gasteiger partial charge in [-0.3, -0.25) is 4.90 Å². The number of aromatic nitrogens is 1. The number of nitrogens with zero attached hydrogens (tertiary/aromatic N) is 3. The molecule has 3 fully saturated rings. The predicted octanol–water partition coefficient (Wildman–Crippen LogP) is 3.90. The van der Waals surface area contributed by atoms with Crippen LogP contribution in [0.15, 0.2) is 48.7 Å². The number of benzene rings is 1. The lowest BCUT2D eigenvalue weighted by Crippen LogP contribution is -2.59. The summed E-state index contributed by atoms with van der Waals surface area (Å²) in [6.45, 7) is 5.86. The summed E-state index contributed by atoms with van der Waals surface area (Å²) in [6, 6.07) is 14.6. The smallest absolute Gasteiger partial charge is 0.318 e. The van der Waals surface area contributed by atoms with Crippen molar-refractivity contribution >= 4 is 17.6 Å². The zero-order chi connectivity index (χ0) is 22.0. The van der Waals surface area contributed by atoms with Gasteiger partial charge in [-0.1, -0.05) is 48.0 Å². The fourth-order valence-electron chi connectivity index (χ4n) is 5.99. The Morgan fingerprint density at radius 1 is 1.12 bits per heavy atom. The van der Waals surface area contributed by atoms with Gasteiger partial charge in [0.1, 0.15) is 5.15 Å². The summed E-state index contributed by atoms with van der Waals surface area (Å²) in [7, 11) is 0. The van der Waals surface area contributed by atoms with Gasteiger partial charge in [0, 0.05) is 38.4 Å². The van der Waals surface area contributed by atoms with Crippen LogP contribution < -0.4 is 5.32 Å². The highest BCUT2D eigenvalue weighted by Gasteiger charge is 2.53. The number of carbonyl (C=O) groups is 1. The molecule has 2 aromatic rings. The van der Waals surface area contributed by atoms with Crippen molar-refractivity contribution in [2.24, 2.45) is 11.8 Å². The van der Waals surface area contributed by atoms with E-state index in [0.717, 1.165) is 45.4 Å². The summed E-state index contributed by atoms with van der Waals surface area (Å²) in [5.41, 5.74) is 2.15. The van der Waals surface area contributed by atoms with Gasteiger partial charge in [-0.25, -0.2) is 9.78 Å². The van der Waals surface area contributed by atoms with Crippen molar-refractivity contribution in [3.8, 4) is 0 Å². The number of rotatable bonds is 5. The first-order valence-corrected chi connectivity index (χ1v) is 12.1. The van der Waals surface area contributed by atoms with Gasteiger partial charge in [0.15, 0.2) is 0 Å². The van der Waals surface area contributed by atoms with Crippen LogP contribution in [-0.2, 0) is 16.8 Å². The molecule has 32 heavy (non-hydrogen) atoms. The summed E-state index contributed by atoms with van der Waals surface area (Å²) >= 11 is 5.93. The third-order valence-corrected chi connectivity index (χ3v) is 7.77. The van der Waals surface area contributed by atoms with E-state index in [4.69, 9.17) is 16.3 Å². The average Bonchev–Trinajstić information content (AvgIpc) is 3.28. The molecule has 2 amide bonds. The molecule has 2 atom stereocenters. The molecule has 0 aliphatic carbocycles. The standard InChI is InChI=1S/C25H31ClN4O2/c26-23-7-6-19(16-28-23)17-29-12-8-20(9-13-29)22-18-32-15-10-25(22,21-4-2-1-3-5-21)30-14-11-27-24(30)31/h1-7,16,20,22H,8-15,17-18H2,(H,27,31). The molecule has 0 saturated carbocycles. The number of hydrogen-bond acceptors (Lipinski definition) is 4. The molecule has 6 nitrogen and oxygen atoms in total. The van der Waals surface area contributed by atoms with Crippen molar-refractivity contribution in [2.45, 2.75) is 31.3 Å². The number of hydrogen-bond donors (Lipinski definition) is 1. The molecule has 0 spiro atoms. The van der Waals surface area contributed by atoms with Gasteiger partial charge in [0.05, 0.1) is 12.1 Å². The third-order valence-electron chi connectivity index (χ3n) is 7.55. The highest BCUT2D eigenvalue weighted by molar-refractivity contribution is 6.29. The number of halogens is 1. The summed E-state index contributed by atoms with van der Waals surface area (Å²) in [5, 5.41) is 3.58. The van der Waals surface area contributed by atoms with E-state index in [9.17, 15) is 4.79 Å². The molecule has 0 bridgehead atoms. The van der Waals surface area contributed by atoms with E-state index in [-0.39, 0.29) is 11.6 Å². The topological polar surface area (TPSA) is 57.7 Å². The van der Waals surface area contributed by atoms with Crippen molar-refractivity contribution < 1.29 is 9.53 Å². The number of nitrogens with one attached hydrogen (secondary N) is 1. The van der Waals surface area contributed by atoms with Crippen LogP contribution in [0.5, 0.6) is 0 Å². The molecule has 3 aliphatic heterocycles. The van der Waals surface area contributed by atoms with E-state index in [1.807, 2.05) is 12.3 Å². The molecule has 2 unspecified atom stereocenters. The Balaban J connectivity index is 1.36. The molecule has 170 valence electrons. The number of ether oxygens (including phenoxy) is 1. The Morgan fingerprint density at radius 2 is 1.94 bits per heavy atom. The first-order valence-electron chi connectivity index (χ1n) is 11.7. The summed E-state index contributed by atoms with van der Waals surface area (Å²) in [5.74, 6) is 0.811. The fourth-order valence-corrected chi connectivity index (χ4v) is 6.10. The molecular weight excluding hydrogens is 424 g/mol. The minimum atomic E-state index is -0.299. The first-order chi connectivity index (χ1) is 15.7. The normalized spacial score (nSPS) is 27.5. The maximum atomic E-state index is 12.9. The predicted molar refractivity (Wildman–Crippen MR) is 124 cm³/mol. The lowest BCUT2D eigenvalue weighted by Gasteiger charge is -2.53. The number of amides is 2. The largest absolute Gasteiger partial charge is 0.381 e.